The molecule has 0 atom stereocenters. The zero-order valence-electron chi connectivity index (χ0n) is 7.83. The Hall–Kier alpha value is -1.86. The highest BCUT2D eigenvalue weighted by atomic mass is 19.1. The lowest BCUT2D eigenvalue weighted by molar-refractivity contribution is 0.0697. The van der Waals surface area contributed by atoms with Gasteiger partial charge in [-0.2, -0.15) is 0 Å². The van der Waals surface area contributed by atoms with Crippen LogP contribution in [-0.4, -0.2) is 22.8 Å². The van der Waals surface area contributed by atoms with Crippen molar-refractivity contribution in [1.82, 2.24) is 0 Å². The molecule has 1 aromatic carbocycles. The Morgan fingerprint density at radius 2 is 2.20 bits per heavy atom. The minimum atomic E-state index is -1.12. The summed E-state index contributed by atoms with van der Waals surface area (Å²) in [6.07, 6.45) is 0.233. The predicted molar refractivity (Wildman–Crippen MR) is 51.9 cm³/mol. The van der Waals surface area contributed by atoms with Crippen molar-refractivity contribution in [2.75, 3.05) is 6.61 Å². The van der Waals surface area contributed by atoms with Gasteiger partial charge in [-0.15, -0.1) is 0 Å². The molecule has 0 heterocycles. The smallest absolute Gasteiger partial charge is 0.335 e. The summed E-state index contributed by atoms with van der Waals surface area (Å²) in [5.41, 5.74) is 0.0213. The van der Waals surface area contributed by atoms with Crippen LogP contribution in [0.5, 0.6) is 0 Å². The third-order valence-electron chi connectivity index (χ3n) is 1.67. The molecule has 78 valence electrons. The number of aromatic carboxylic acids is 1. The fraction of sp³-hybridized carbons (Fsp3) is 0.182. The summed E-state index contributed by atoms with van der Waals surface area (Å²) in [5.74, 6) is 3.30. The SMILES string of the molecule is O=C(O)c1ccc(F)c(C#CCCO)c1. The lowest BCUT2D eigenvalue weighted by Crippen LogP contribution is -1.97. The van der Waals surface area contributed by atoms with Crippen LogP contribution < -0.4 is 0 Å². The lowest BCUT2D eigenvalue weighted by atomic mass is 10.1. The number of carboxylic acid groups (broad SMARTS) is 1. The van der Waals surface area contributed by atoms with Crippen molar-refractivity contribution in [1.29, 1.82) is 0 Å². The maximum absolute atomic E-state index is 13.1. The normalized spacial score (nSPS) is 9.20. The molecule has 0 unspecified atom stereocenters. The Morgan fingerprint density at radius 1 is 1.47 bits per heavy atom. The van der Waals surface area contributed by atoms with Crippen LogP contribution in [0.3, 0.4) is 0 Å². The van der Waals surface area contributed by atoms with E-state index in [1.807, 2.05) is 0 Å². The van der Waals surface area contributed by atoms with Crippen LogP contribution in [0.15, 0.2) is 18.2 Å². The number of benzene rings is 1. The summed E-state index contributed by atoms with van der Waals surface area (Å²) >= 11 is 0. The van der Waals surface area contributed by atoms with Gasteiger partial charge in [0.05, 0.1) is 17.7 Å². The first-order valence-corrected chi connectivity index (χ1v) is 4.27. The Morgan fingerprint density at radius 3 is 2.80 bits per heavy atom. The number of carboxylic acids is 1. The van der Waals surface area contributed by atoms with Crippen molar-refractivity contribution in [3.63, 3.8) is 0 Å². The zero-order valence-corrected chi connectivity index (χ0v) is 7.83. The van der Waals surface area contributed by atoms with E-state index in [9.17, 15) is 9.18 Å². The number of hydrogen-bond acceptors (Lipinski definition) is 2. The Labute approximate surface area is 86.2 Å². The first-order chi connectivity index (χ1) is 7.15. The third kappa shape index (κ3) is 3.08. The topological polar surface area (TPSA) is 57.5 Å². The molecule has 0 aliphatic carbocycles. The molecule has 0 fully saturated rings. The number of halogens is 1. The summed E-state index contributed by atoms with van der Waals surface area (Å²) in [6, 6.07) is 3.41. The van der Waals surface area contributed by atoms with Crippen LogP contribution in [0.4, 0.5) is 4.39 Å². The van der Waals surface area contributed by atoms with Gasteiger partial charge >= 0.3 is 5.97 Å². The van der Waals surface area contributed by atoms with Crippen molar-refractivity contribution in [2.45, 2.75) is 6.42 Å². The second kappa shape index (κ2) is 5.13. The highest BCUT2D eigenvalue weighted by molar-refractivity contribution is 5.88. The van der Waals surface area contributed by atoms with Gasteiger partial charge in [-0.1, -0.05) is 11.8 Å². The summed E-state index contributed by atoms with van der Waals surface area (Å²) in [4.78, 5) is 10.6. The molecular formula is C11H9FO3. The highest BCUT2D eigenvalue weighted by Crippen LogP contribution is 2.09. The van der Waals surface area contributed by atoms with Crippen molar-refractivity contribution in [2.24, 2.45) is 0 Å². The molecule has 15 heavy (non-hydrogen) atoms. The molecule has 0 saturated carbocycles. The summed E-state index contributed by atoms with van der Waals surface area (Å²) in [7, 11) is 0. The van der Waals surface area contributed by atoms with Crippen molar-refractivity contribution in [3.8, 4) is 11.8 Å². The maximum atomic E-state index is 13.1. The van der Waals surface area contributed by atoms with E-state index in [2.05, 4.69) is 11.8 Å². The maximum Gasteiger partial charge on any atom is 0.335 e. The van der Waals surface area contributed by atoms with Gasteiger partial charge in [-0.05, 0) is 18.2 Å². The van der Waals surface area contributed by atoms with Gasteiger partial charge in [0.15, 0.2) is 0 Å². The second-order valence-electron chi connectivity index (χ2n) is 2.78. The highest BCUT2D eigenvalue weighted by Gasteiger charge is 2.06. The van der Waals surface area contributed by atoms with Gasteiger partial charge in [-0.3, -0.25) is 0 Å². The van der Waals surface area contributed by atoms with E-state index in [1.54, 1.807) is 0 Å². The molecule has 4 heteroatoms. The van der Waals surface area contributed by atoms with Gasteiger partial charge in [0.25, 0.3) is 0 Å². The van der Waals surface area contributed by atoms with Gasteiger partial charge in [0.1, 0.15) is 5.82 Å². The average molecular weight is 208 g/mol. The predicted octanol–water partition coefficient (Wildman–Crippen LogP) is 1.26. The summed E-state index contributed by atoms with van der Waals surface area (Å²) in [6.45, 7) is -0.104. The van der Waals surface area contributed by atoms with Crippen LogP contribution in [-0.2, 0) is 0 Å². The van der Waals surface area contributed by atoms with Gasteiger partial charge in [-0.25, -0.2) is 9.18 Å². The Kier molecular flexibility index (Phi) is 3.83. The van der Waals surface area contributed by atoms with Gasteiger partial charge < -0.3 is 10.2 Å². The van der Waals surface area contributed by atoms with E-state index in [0.29, 0.717) is 0 Å². The summed E-state index contributed by atoms with van der Waals surface area (Å²) in [5, 5.41) is 17.1. The van der Waals surface area contributed by atoms with Crippen LogP contribution in [0, 0.1) is 17.7 Å². The molecule has 2 N–H and O–H groups in total. The minimum Gasteiger partial charge on any atom is -0.478 e. The Balaban J connectivity index is 3.02. The number of aliphatic hydroxyl groups is 1. The zero-order chi connectivity index (χ0) is 11.3. The van der Waals surface area contributed by atoms with Crippen molar-refractivity contribution >= 4 is 5.97 Å². The molecule has 0 aromatic heterocycles. The van der Waals surface area contributed by atoms with Crippen molar-refractivity contribution < 1.29 is 19.4 Å². The third-order valence-corrected chi connectivity index (χ3v) is 1.67. The molecule has 3 nitrogen and oxygen atoms in total. The number of rotatable bonds is 2. The number of hydrogen-bond donors (Lipinski definition) is 2. The monoisotopic (exact) mass is 208 g/mol. The fourth-order valence-corrected chi connectivity index (χ4v) is 0.968. The van der Waals surface area contributed by atoms with E-state index >= 15 is 0 Å². The van der Waals surface area contributed by atoms with E-state index in [4.69, 9.17) is 10.2 Å². The molecule has 0 amide bonds. The van der Waals surface area contributed by atoms with Crippen LogP contribution in [0.1, 0.15) is 22.3 Å². The van der Waals surface area contributed by atoms with Gasteiger partial charge in [0, 0.05) is 6.42 Å². The quantitative estimate of drug-likeness (QED) is 0.719. The molecular weight excluding hydrogens is 199 g/mol. The van der Waals surface area contributed by atoms with Crippen molar-refractivity contribution in [3.05, 3.63) is 35.1 Å². The van der Waals surface area contributed by atoms with Crippen LogP contribution >= 0.6 is 0 Å². The molecule has 0 aliphatic heterocycles. The fourth-order valence-electron chi connectivity index (χ4n) is 0.968. The van der Waals surface area contributed by atoms with E-state index in [0.717, 1.165) is 6.07 Å². The average Bonchev–Trinajstić information content (AvgIpc) is 2.20. The van der Waals surface area contributed by atoms with E-state index < -0.39 is 11.8 Å². The Bertz CT molecular complexity index is 429. The largest absolute Gasteiger partial charge is 0.478 e. The molecule has 0 radical (unpaired) electrons. The molecule has 0 bridgehead atoms. The van der Waals surface area contributed by atoms with Crippen LogP contribution in [0.25, 0.3) is 0 Å². The standard InChI is InChI=1S/C11H9FO3/c12-10-5-4-9(11(14)15)7-8(10)3-1-2-6-13/h4-5,7,13H,2,6H2,(H,14,15). The second-order valence-corrected chi connectivity index (χ2v) is 2.78. The molecule has 1 rings (SSSR count). The lowest BCUT2D eigenvalue weighted by Gasteiger charge is -1.97. The van der Waals surface area contributed by atoms with E-state index in [-0.39, 0.29) is 24.2 Å². The van der Waals surface area contributed by atoms with Gasteiger partial charge in [0.2, 0.25) is 0 Å². The first-order valence-electron chi connectivity index (χ1n) is 4.27. The minimum absolute atomic E-state index is 0.00954. The van der Waals surface area contributed by atoms with Crippen LogP contribution in [0.2, 0.25) is 0 Å². The number of carbonyl (C=O) groups is 1. The first kappa shape index (κ1) is 11.2. The molecule has 0 aliphatic rings. The molecule has 0 saturated heterocycles. The van der Waals surface area contributed by atoms with E-state index in [1.165, 1.54) is 12.1 Å². The molecule has 1 aromatic rings. The number of aliphatic hydroxyl groups excluding tert-OH is 1. The summed E-state index contributed by atoms with van der Waals surface area (Å²) < 4.78 is 13.1. The molecule has 0 spiro atoms.